The van der Waals surface area contributed by atoms with Crippen molar-refractivity contribution in [2.75, 3.05) is 4.90 Å². The molecule has 5 nitrogen and oxygen atoms in total. The van der Waals surface area contributed by atoms with Crippen LogP contribution in [0.3, 0.4) is 0 Å². The highest BCUT2D eigenvalue weighted by atomic mass is 16.3. The lowest BCUT2D eigenvalue weighted by Crippen LogP contribution is -2.30. The molecule has 0 aromatic heterocycles. The van der Waals surface area contributed by atoms with Gasteiger partial charge in [0.15, 0.2) is 11.5 Å². The van der Waals surface area contributed by atoms with Crippen LogP contribution in [0.2, 0.25) is 0 Å². The van der Waals surface area contributed by atoms with Crippen LogP contribution in [0.4, 0.5) is 5.69 Å². The van der Waals surface area contributed by atoms with Crippen LogP contribution in [0, 0.1) is 0 Å². The first-order chi connectivity index (χ1) is 11.0. The van der Waals surface area contributed by atoms with Crippen molar-refractivity contribution in [3.05, 3.63) is 71.5 Å². The van der Waals surface area contributed by atoms with Crippen LogP contribution >= 0.6 is 0 Å². The normalized spacial score (nSPS) is 17.7. The summed E-state index contributed by atoms with van der Waals surface area (Å²) in [7, 11) is 0. The summed E-state index contributed by atoms with van der Waals surface area (Å²) in [5.74, 6) is -1.44. The molecule has 1 atom stereocenters. The van der Waals surface area contributed by atoms with Crippen LogP contribution in [0.5, 0.6) is 5.75 Å². The van der Waals surface area contributed by atoms with Gasteiger partial charge in [0.25, 0.3) is 5.91 Å². The SMILES string of the molecule is CC(=O)C1=C(O)C(=O)N(c2ccc(O)cc2)[C@@H]1c1ccccc1. The highest BCUT2D eigenvalue weighted by Gasteiger charge is 2.43. The Morgan fingerprint density at radius 3 is 2.17 bits per heavy atom. The van der Waals surface area contributed by atoms with Crippen molar-refractivity contribution in [3.63, 3.8) is 0 Å². The molecule has 0 spiro atoms. The average molecular weight is 309 g/mol. The Morgan fingerprint density at radius 1 is 1.00 bits per heavy atom. The fourth-order valence-electron chi connectivity index (χ4n) is 2.80. The molecule has 1 aliphatic rings. The van der Waals surface area contributed by atoms with E-state index in [9.17, 15) is 19.8 Å². The second-order valence-electron chi connectivity index (χ2n) is 5.32. The zero-order valence-electron chi connectivity index (χ0n) is 12.4. The number of anilines is 1. The van der Waals surface area contributed by atoms with Crippen LogP contribution < -0.4 is 4.90 Å². The minimum Gasteiger partial charge on any atom is -0.508 e. The number of amides is 1. The number of hydrogen-bond donors (Lipinski definition) is 2. The Labute approximate surface area is 133 Å². The number of benzene rings is 2. The molecule has 1 heterocycles. The van der Waals surface area contributed by atoms with Crippen molar-refractivity contribution in [3.8, 4) is 5.75 Å². The maximum Gasteiger partial charge on any atom is 0.294 e. The van der Waals surface area contributed by atoms with E-state index in [1.165, 1.54) is 24.0 Å². The Bertz CT molecular complexity index is 794. The molecular weight excluding hydrogens is 294 g/mol. The van der Waals surface area contributed by atoms with Gasteiger partial charge >= 0.3 is 0 Å². The lowest BCUT2D eigenvalue weighted by molar-refractivity contribution is -0.117. The number of aliphatic hydroxyl groups excluding tert-OH is 1. The molecule has 3 rings (SSSR count). The molecule has 23 heavy (non-hydrogen) atoms. The standard InChI is InChI=1S/C18H15NO4/c1-11(20)15-16(12-5-3-2-4-6-12)19(18(23)17(15)22)13-7-9-14(21)10-8-13/h2-10,16,21-22H,1H3/t16-/m1/s1. The highest BCUT2D eigenvalue weighted by Crippen LogP contribution is 2.40. The van der Waals surface area contributed by atoms with Gasteiger partial charge in [0.2, 0.25) is 0 Å². The second kappa shape index (κ2) is 5.61. The summed E-state index contributed by atoms with van der Waals surface area (Å²) in [6.45, 7) is 1.33. The molecule has 0 radical (unpaired) electrons. The summed E-state index contributed by atoms with van der Waals surface area (Å²) in [4.78, 5) is 25.8. The Kier molecular flexibility index (Phi) is 3.62. The predicted molar refractivity (Wildman–Crippen MR) is 85.1 cm³/mol. The van der Waals surface area contributed by atoms with E-state index in [4.69, 9.17) is 0 Å². The van der Waals surface area contributed by atoms with E-state index < -0.39 is 17.7 Å². The maximum atomic E-state index is 12.5. The van der Waals surface area contributed by atoms with Crippen molar-refractivity contribution in [1.29, 1.82) is 0 Å². The molecule has 0 bridgehead atoms. The van der Waals surface area contributed by atoms with Crippen LogP contribution in [0.15, 0.2) is 65.9 Å². The lowest BCUT2D eigenvalue weighted by atomic mass is 9.96. The summed E-state index contributed by atoms with van der Waals surface area (Å²) in [5.41, 5.74) is 1.29. The summed E-state index contributed by atoms with van der Waals surface area (Å²) in [6.07, 6.45) is 0. The van der Waals surface area contributed by atoms with Crippen LogP contribution in [-0.4, -0.2) is 21.9 Å². The fourth-order valence-corrected chi connectivity index (χ4v) is 2.80. The van der Waals surface area contributed by atoms with Crippen molar-refractivity contribution < 1.29 is 19.8 Å². The third-order valence-corrected chi connectivity index (χ3v) is 3.83. The van der Waals surface area contributed by atoms with Crippen LogP contribution in [-0.2, 0) is 9.59 Å². The zero-order valence-corrected chi connectivity index (χ0v) is 12.4. The number of ketones is 1. The molecular formula is C18H15NO4. The van der Waals surface area contributed by atoms with Gasteiger partial charge in [0.05, 0.1) is 11.6 Å². The Morgan fingerprint density at radius 2 is 1.61 bits per heavy atom. The van der Waals surface area contributed by atoms with E-state index in [0.29, 0.717) is 5.69 Å². The first-order valence-electron chi connectivity index (χ1n) is 7.12. The molecule has 1 aliphatic heterocycles. The largest absolute Gasteiger partial charge is 0.508 e. The number of phenols is 1. The van der Waals surface area contributed by atoms with Gasteiger partial charge < -0.3 is 10.2 Å². The van der Waals surface area contributed by atoms with Gasteiger partial charge in [-0.25, -0.2) is 0 Å². The number of hydrogen-bond acceptors (Lipinski definition) is 4. The molecule has 0 unspecified atom stereocenters. The molecule has 0 saturated carbocycles. The van der Waals surface area contributed by atoms with Gasteiger partial charge in [-0.3, -0.25) is 14.5 Å². The Hall–Kier alpha value is -3.08. The predicted octanol–water partition coefficient (Wildman–Crippen LogP) is 2.88. The molecule has 1 amide bonds. The topological polar surface area (TPSA) is 77.8 Å². The number of aromatic hydroxyl groups is 1. The monoisotopic (exact) mass is 309 g/mol. The maximum absolute atomic E-state index is 12.5. The van der Waals surface area contributed by atoms with E-state index >= 15 is 0 Å². The first-order valence-corrected chi connectivity index (χ1v) is 7.12. The van der Waals surface area contributed by atoms with Gasteiger partial charge in [-0.2, -0.15) is 0 Å². The number of phenolic OH excluding ortho intramolecular Hbond substituents is 1. The number of carbonyl (C=O) groups excluding carboxylic acids is 2. The number of aliphatic hydroxyl groups is 1. The van der Waals surface area contributed by atoms with Gasteiger partial charge in [-0.15, -0.1) is 0 Å². The molecule has 0 saturated heterocycles. The van der Waals surface area contributed by atoms with Crippen molar-refractivity contribution in [2.45, 2.75) is 13.0 Å². The molecule has 2 aromatic carbocycles. The molecule has 0 aliphatic carbocycles. The minimum absolute atomic E-state index is 0.0700. The lowest BCUT2D eigenvalue weighted by Gasteiger charge is -2.26. The number of nitrogens with zero attached hydrogens (tertiary/aromatic N) is 1. The molecule has 5 heteroatoms. The zero-order chi connectivity index (χ0) is 16.6. The molecule has 116 valence electrons. The van der Waals surface area contributed by atoms with Crippen molar-refractivity contribution in [1.82, 2.24) is 0 Å². The summed E-state index contributed by atoms with van der Waals surface area (Å²) in [6, 6.07) is 14.4. The van der Waals surface area contributed by atoms with Crippen LogP contribution in [0.25, 0.3) is 0 Å². The summed E-state index contributed by atoms with van der Waals surface area (Å²) >= 11 is 0. The number of Topliss-reactive ketones (excluding diaryl/α,β-unsaturated/α-hetero) is 1. The van der Waals surface area contributed by atoms with Gasteiger partial charge in [0, 0.05) is 5.69 Å². The third-order valence-electron chi connectivity index (χ3n) is 3.83. The molecule has 2 N–H and O–H groups in total. The van der Waals surface area contributed by atoms with Gasteiger partial charge in [0.1, 0.15) is 5.75 Å². The van der Waals surface area contributed by atoms with Gasteiger partial charge in [-0.05, 0) is 36.8 Å². The fraction of sp³-hybridized carbons (Fsp3) is 0.111. The molecule has 0 fully saturated rings. The quantitative estimate of drug-likeness (QED) is 0.914. The number of carbonyl (C=O) groups is 2. The smallest absolute Gasteiger partial charge is 0.294 e. The first kappa shape index (κ1) is 14.8. The Balaban J connectivity index is 2.16. The van der Waals surface area contributed by atoms with E-state index in [2.05, 4.69) is 0 Å². The summed E-state index contributed by atoms with van der Waals surface area (Å²) in [5, 5.41) is 19.6. The summed E-state index contributed by atoms with van der Waals surface area (Å²) < 4.78 is 0. The number of rotatable bonds is 3. The highest BCUT2D eigenvalue weighted by molar-refractivity contribution is 6.16. The second-order valence-corrected chi connectivity index (χ2v) is 5.32. The van der Waals surface area contributed by atoms with Crippen molar-refractivity contribution >= 4 is 17.4 Å². The minimum atomic E-state index is -0.689. The van der Waals surface area contributed by atoms with E-state index in [1.807, 2.05) is 18.2 Å². The van der Waals surface area contributed by atoms with E-state index in [1.54, 1.807) is 24.3 Å². The van der Waals surface area contributed by atoms with E-state index in [0.717, 1.165) is 5.56 Å². The van der Waals surface area contributed by atoms with Crippen LogP contribution in [0.1, 0.15) is 18.5 Å². The van der Waals surface area contributed by atoms with Crippen molar-refractivity contribution in [2.24, 2.45) is 0 Å². The van der Waals surface area contributed by atoms with Gasteiger partial charge in [-0.1, -0.05) is 30.3 Å². The average Bonchev–Trinajstić information content (AvgIpc) is 2.81. The third kappa shape index (κ3) is 2.46. The van der Waals surface area contributed by atoms with E-state index in [-0.39, 0.29) is 17.1 Å². The molecule has 2 aromatic rings.